The van der Waals surface area contributed by atoms with Crippen molar-refractivity contribution >= 4 is 11.8 Å². The van der Waals surface area contributed by atoms with E-state index in [1.54, 1.807) is 7.11 Å². The Kier molecular flexibility index (Phi) is 5.00. The summed E-state index contributed by atoms with van der Waals surface area (Å²) in [5, 5.41) is 3.82. The van der Waals surface area contributed by atoms with Crippen LogP contribution in [0.4, 0.5) is 0 Å². The molecule has 0 aromatic heterocycles. The molecule has 0 saturated carbocycles. The van der Waals surface area contributed by atoms with Crippen LogP contribution in [0.25, 0.3) is 0 Å². The van der Waals surface area contributed by atoms with Gasteiger partial charge in [0.25, 0.3) is 0 Å². The first kappa shape index (κ1) is 16.2. The van der Waals surface area contributed by atoms with Gasteiger partial charge in [0.1, 0.15) is 5.75 Å². The van der Waals surface area contributed by atoms with E-state index in [-0.39, 0.29) is 5.60 Å². The van der Waals surface area contributed by atoms with Gasteiger partial charge >= 0.3 is 0 Å². The third kappa shape index (κ3) is 3.44. The third-order valence-electron chi connectivity index (χ3n) is 4.90. The van der Waals surface area contributed by atoms with Gasteiger partial charge in [-0.25, -0.2) is 0 Å². The summed E-state index contributed by atoms with van der Waals surface area (Å²) in [6.45, 7) is 5.26. The van der Waals surface area contributed by atoms with Crippen molar-refractivity contribution in [3.63, 3.8) is 0 Å². The van der Waals surface area contributed by atoms with Crippen LogP contribution in [0.15, 0.2) is 18.2 Å². The van der Waals surface area contributed by atoms with Gasteiger partial charge < -0.3 is 14.8 Å². The lowest BCUT2D eigenvalue weighted by Gasteiger charge is -2.39. The molecule has 0 aliphatic carbocycles. The molecule has 2 heterocycles. The molecule has 2 aliphatic heterocycles. The summed E-state index contributed by atoms with van der Waals surface area (Å²) >= 11 is 2.03. The molecule has 0 bridgehead atoms. The van der Waals surface area contributed by atoms with Gasteiger partial charge in [-0.3, -0.25) is 0 Å². The topological polar surface area (TPSA) is 30.5 Å². The molecule has 3 nitrogen and oxygen atoms in total. The molecule has 4 heteroatoms. The van der Waals surface area contributed by atoms with Gasteiger partial charge in [0.15, 0.2) is 0 Å². The van der Waals surface area contributed by atoms with Gasteiger partial charge in [-0.1, -0.05) is 17.7 Å². The van der Waals surface area contributed by atoms with Crippen molar-refractivity contribution < 1.29 is 9.47 Å². The van der Waals surface area contributed by atoms with Crippen molar-refractivity contribution in [1.82, 2.24) is 5.32 Å². The number of nitrogens with one attached hydrogen (secondary N) is 1. The van der Waals surface area contributed by atoms with E-state index in [0.29, 0.717) is 12.1 Å². The Bertz CT molecular complexity index is 514. The molecule has 2 saturated heterocycles. The van der Waals surface area contributed by atoms with E-state index in [2.05, 4.69) is 37.4 Å². The quantitative estimate of drug-likeness (QED) is 0.916. The molecular weight excluding hydrogens is 294 g/mol. The molecule has 0 unspecified atom stereocenters. The van der Waals surface area contributed by atoms with E-state index < -0.39 is 0 Å². The van der Waals surface area contributed by atoms with E-state index in [0.717, 1.165) is 31.0 Å². The Hall–Kier alpha value is -0.710. The molecule has 22 heavy (non-hydrogen) atoms. The van der Waals surface area contributed by atoms with Crippen molar-refractivity contribution in [3.05, 3.63) is 29.3 Å². The Morgan fingerprint density at radius 1 is 1.45 bits per heavy atom. The van der Waals surface area contributed by atoms with Crippen LogP contribution in [0.1, 0.15) is 43.4 Å². The molecule has 0 amide bonds. The molecule has 122 valence electrons. The predicted octanol–water partition coefficient (Wildman–Crippen LogP) is 3.71. The fourth-order valence-corrected chi connectivity index (χ4v) is 5.05. The summed E-state index contributed by atoms with van der Waals surface area (Å²) in [6, 6.07) is 7.24. The summed E-state index contributed by atoms with van der Waals surface area (Å²) in [4.78, 5) is 0. The number of hydrogen-bond donors (Lipinski definition) is 1. The normalized spacial score (nSPS) is 29.7. The van der Waals surface area contributed by atoms with Crippen molar-refractivity contribution in [2.24, 2.45) is 0 Å². The Labute approximate surface area is 138 Å². The second-order valence-corrected chi connectivity index (χ2v) is 7.76. The SMILES string of the molecule is COc1ccc(C)cc1[C@H](C)N[C@@H]1CCO[C@@]2(CCSC2)C1. The van der Waals surface area contributed by atoms with Crippen LogP contribution >= 0.6 is 11.8 Å². The Balaban J connectivity index is 1.68. The monoisotopic (exact) mass is 321 g/mol. The highest BCUT2D eigenvalue weighted by molar-refractivity contribution is 7.99. The van der Waals surface area contributed by atoms with Crippen molar-refractivity contribution in [2.75, 3.05) is 25.2 Å². The largest absolute Gasteiger partial charge is 0.496 e. The van der Waals surface area contributed by atoms with Crippen LogP contribution in [0.2, 0.25) is 0 Å². The molecule has 3 atom stereocenters. The average molecular weight is 321 g/mol. The van der Waals surface area contributed by atoms with Crippen LogP contribution in [0.5, 0.6) is 5.75 Å². The molecule has 1 spiro atoms. The predicted molar refractivity (Wildman–Crippen MR) is 92.9 cm³/mol. The van der Waals surface area contributed by atoms with E-state index in [9.17, 15) is 0 Å². The molecular formula is C18H27NO2S. The fourth-order valence-electron chi connectivity index (χ4n) is 3.67. The Morgan fingerprint density at radius 3 is 3.05 bits per heavy atom. The zero-order chi connectivity index (χ0) is 15.6. The molecule has 2 aliphatic rings. The molecule has 2 fully saturated rings. The lowest BCUT2D eigenvalue weighted by molar-refractivity contribution is -0.0712. The van der Waals surface area contributed by atoms with Crippen LogP contribution in [-0.2, 0) is 4.74 Å². The number of rotatable bonds is 4. The van der Waals surface area contributed by atoms with Crippen molar-refractivity contribution in [1.29, 1.82) is 0 Å². The highest BCUT2D eigenvalue weighted by atomic mass is 32.2. The maximum absolute atomic E-state index is 6.12. The molecule has 1 aromatic carbocycles. The zero-order valence-corrected chi connectivity index (χ0v) is 14.7. The van der Waals surface area contributed by atoms with Crippen LogP contribution in [-0.4, -0.2) is 36.9 Å². The first-order valence-electron chi connectivity index (χ1n) is 8.24. The summed E-state index contributed by atoms with van der Waals surface area (Å²) in [6.07, 6.45) is 3.45. The standard InChI is InChI=1S/C18H27NO2S/c1-13-4-5-17(20-3)16(10-13)14(2)19-15-6-8-21-18(11-15)7-9-22-12-18/h4-5,10,14-15,19H,6-9,11-12H2,1-3H3/t14-,15+,18-/m0/s1. The maximum Gasteiger partial charge on any atom is 0.123 e. The number of hydrogen-bond acceptors (Lipinski definition) is 4. The lowest BCUT2D eigenvalue weighted by atomic mass is 9.89. The Morgan fingerprint density at radius 2 is 2.32 bits per heavy atom. The second kappa shape index (κ2) is 6.81. The van der Waals surface area contributed by atoms with Gasteiger partial charge in [0.2, 0.25) is 0 Å². The lowest BCUT2D eigenvalue weighted by Crippen LogP contribution is -2.47. The minimum absolute atomic E-state index is 0.136. The summed E-state index contributed by atoms with van der Waals surface area (Å²) in [5.41, 5.74) is 2.67. The van der Waals surface area contributed by atoms with Crippen molar-refractivity contribution in [2.45, 2.75) is 50.8 Å². The first-order chi connectivity index (χ1) is 10.6. The van der Waals surface area contributed by atoms with Crippen molar-refractivity contribution in [3.8, 4) is 5.75 Å². The van der Waals surface area contributed by atoms with Gasteiger partial charge in [0.05, 0.1) is 12.7 Å². The summed E-state index contributed by atoms with van der Waals surface area (Å²) in [7, 11) is 1.75. The number of aryl methyl sites for hydroxylation is 1. The first-order valence-corrected chi connectivity index (χ1v) is 9.40. The van der Waals surface area contributed by atoms with Gasteiger partial charge in [-0.15, -0.1) is 0 Å². The number of thioether (sulfide) groups is 1. The fraction of sp³-hybridized carbons (Fsp3) is 0.667. The van der Waals surface area contributed by atoms with Crippen LogP contribution < -0.4 is 10.1 Å². The van der Waals surface area contributed by atoms with Gasteiger partial charge in [-0.05, 0) is 44.9 Å². The maximum atomic E-state index is 6.12. The van der Waals surface area contributed by atoms with E-state index in [1.165, 1.54) is 23.3 Å². The zero-order valence-electron chi connectivity index (χ0n) is 13.9. The third-order valence-corrected chi connectivity index (χ3v) is 6.12. The molecule has 1 N–H and O–H groups in total. The summed E-state index contributed by atoms with van der Waals surface area (Å²) in [5.74, 6) is 3.38. The number of ether oxygens (including phenoxy) is 2. The van der Waals surface area contributed by atoms with Gasteiger partial charge in [-0.2, -0.15) is 11.8 Å². The van der Waals surface area contributed by atoms with Crippen LogP contribution in [0.3, 0.4) is 0 Å². The van der Waals surface area contributed by atoms with E-state index >= 15 is 0 Å². The molecule has 0 radical (unpaired) electrons. The second-order valence-electron chi connectivity index (χ2n) is 6.66. The highest BCUT2D eigenvalue weighted by Gasteiger charge is 2.40. The smallest absolute Gasteiger partial charge is 0.123 e. The minimum Gasteiger partial charge on any atom is -0.496 e. The minimum atomic E-state index is 0.136. The number of methoxy groups -OCH3 is 1. The molecule has 3 rings (SSSR count). The van der Waals surface area contributed by atoms with E-state index in [1.807, 2.05) is 11.8 Å². The number of benzene rings is 1. The average Bonchev–Trinajstić information content (AvgIpc) is 2.95. The van der Waals surface area contributed by atoms with E-state index in [4.69, 9.17) is 9.47 Å². The molecule has 1 aromatic rings. The van der Waals surface area contributed by atoms with Gasteiger partial charge in [0, 0.05) is 30.0 Å². The summed E-state index contributed by atoms with van der Waals surface area (Å²) < 4.78 is 11.7. The van der Waals surface area contributed by atoms with Crippen LogP contribution in [0, 0.1) is 6.92 Å². The highest BCUT2D eigenvalue weighted by Crippen LogP contribution is 2.39.